The van der Waals surface area contributed by atoms with Gasteiger partial charge in [0.15, 0.2) is 5.60 Å². The number of carboxylic acids is 1. The summed E-state index contributed by atoms with van der Waals surface area (Å²) >= 11 is 0. The molecular formula is C18H18O3. The molecule has 0 amide bonds. The van der Waals surface area contributed by atoms with Gasteiger partial charge in [-0.05, 0) is 42.7 Å². The van der Waals surface area contributed by atoms with Crippen molar-refractivity contribution < 1.29 is 14.6 Å². The topological polar surface area (TPSA) is 46.5 Å². The van der Waals surface area contributed by atoms with Gasteiger partial charge in [0, 0.05) is 0 Å². The lowest BCUT2D eigenvalue weighted by atomic mass is 10.00. The van der Waals surface area contributed by atoms with Crippen LogP contribution in [0.5, 0.6) is 5.75 Å². The summed E-state index contributed by atoms with van der Waals surface area (Å²) in [5.74, 6) is -0.479. The van der Waals surface area contributed by atoms with Crippen molar-refractivity contribution in [2.24, 2.45) is 0 Å². The molecule has 2 rings (SSSR count). The summed E-state index contributed by atoms with van der Waals surface area (Å²) in [6, 6.07) is 17.2. The van der Waals surface area contributed by atoms with Crippen molar-refractivity contribution in [2.45, 2.75) is 19.4 Å². The highest BCUT2D eigenvalue weighted by atomic mass is 16.5. The van der Waals surface area contributed by atoms with E-state index < -0.39 is 11.6 Å². The van der Waals surface area contributed by atoms with Crippen LogP contribution in [0.4, 0.5) is 0 Å². The van der Waals surface area contributed by atoms with Gasteiger partial charge in [-0.1, -0.05) is 49.0 Å². The molecule has 1 N–H and O–H groups in total. The first-order valence-electron chi connectivity index (χ1n) is 6.67. The lowest BCUT2D eigenvalue weighted by Gasteiger charge is -2.21. The summed E-state index contributed by atoms with van der Waals surface area (Å²) in [4.78, 5) is 11.0. The van der Waals surface area contributed by atoms with Gasteiger partial charge >= 0.3 is 5.97 Å². The van der Waals surface area contributed by atoms with Crippen LogP contribution in [0.1, 0.15) is 25.0 Å². The summed E-state index contributed by atoms with van der Waals surface area (Å²) in [6.45, 7) is 7.13. The van der Waals surface area contributed by atoms with E-state index in [9.17, 15) is 4.79 Å². The number of aliphatic carboxylic acids is 1. The number of hydrogen-bond acceptors (Lipinski definition) is 2. The van der Waals surface area contributed by atoms with Crippen LogP contribution in [-0.2, 0) is 4.79 Å². The summed E-state index contributed by atoms with van der Waals surface area (Å²) in [6.07, 6.45) is 0. The molecule has 0 saturated carbocycles. The van der Waals surface area contributed by atoms with Crippen molar-refractivity contribution >= 4 is 11.5 Å². The Bertz CT molecular complexity index is 640. The average Bonchev–Trinajstić information content (AvgIpc) is 2.48. The predicted octanol–water partition coefficient (Wildman–Crippen LogP) is 3.99. The Hall–Kier alpha value is -2.55. The Morgan fingerprint density at radius 1 is 1.00 bits per heavy atom. The first-order chi connectivity index (χ1) is 9.90. The number of ether oxygens (including phenoxy) is 1. The van der Waals surface area contributed by atoms with Gasteiger partial charge in [0.05, 0.1) is 0 Å². The monoisotopic (exact) mass is 282 g/mol. The van der Waals surface area contributed by atoms with E-state index in [-0.39, 0.29) is 0 Å². The lowest BCUT2D eigenvalue weighted by Crippen LogP contribution is -2.37. The summed E-state index contributed by atoms with van der Waals surface area (Å²) in [7, 11) is 0. The highest BCUT2D eigenvalue weighted by molar-refractivity contribution is 5.78. The molecule has 0 radical (unpaired) electrons. The van der Waals surface area contributed by atoms with Gasteiger partial charge in [-0.25, -0.2) is 4.79 Å². The highest BCUT2D eigenvalue weighted by Gasteiger charge is 2.29. The zero-order valence-corrected chi connectivity index (χ0v) is 12.2. The van der Waals surface area contributed by atoms with Crippen molar-refractivity contribution in [1.29, 1.82) is 0 Å². The molecule has 21 heavy (non-hydrogen) atoms. The number of hydrogen-bond donors (Lipinski definition) is 1. The van der Waals surface area contributed by atoms with Crippen LogP contribution in [0.2, 0.25) is 0 Å². The molecule has 0 aliphatic carbocycles. The Balaban J connectivity index is 2.16. The molecule has 0 heterocycles. The van der Waals surface area contributed by atoms with Crippen LogP contribution in [0.3, 0.4) is 0 Å². The van der Waals surface area contributed by atoms with E-state index in [1.54, 1.807) is 12.1 Å². The molecule has 0 fully saturated rings. The zero-order chi connectivity index (χ0) is 15.5. The second-order valence-electron chi connectivity index (χ2n) is 5.29. The van der Waals surface area contributed by atoms with E-state index in [2.05, 4.69) is 6.58 Å². The van der Waals surface area contributed by atoms with E-state index in [1.807, 2.05) is 42.5 Å². The molecule has 2 aromatic rings. The summed E-state index contributed by atoms with van der Waals surface area (Å²) in [5.41, 5.74) is 1.69. The fraction of sp³-hybridized carbons (Fsp3) is 0.167. The third-order valence-electron chi connectivity index (χ3n) is 3.21. The molecule has 3 nitrogen and oxygen atoms in total. The second-order valence-corrected chi connectivity index (χ2v) is 5.29. The van der Waals surface area contributed by atoms with Crippen LogP contribution in [0.15, 0.2) is 61.2 Å². The smallest absolute Gasteiger partial charge is 0.347 e. The van der Waals surface area contributed by atoms with E-state index >= 15 is 0 Å². The van der Waals surface area contributed by atoms with E-state index in [1.165, 1.54) is 13.8 Å². The van der Waals surface area contributed by atoms with E-state index in [0.29, 0.717) is 5.75 Å². The summed E-state index contributed by atoms with van der Waals surface area (Å²) < 4.78 is 5.47. The molecular weight excluding hydrogens is 264 g/mol. The third kappa shape index (κ3) is 3.51. The van der Waals surface area contributed by atoms with Gasteiger partial charge in [0.2, 0.25) is 0 Å². The predicted molar refractivity (Wildman–Crippen MR) is 83.4 cm³/mol. The van der Waals surface area contributed by atoms with Gasteiger partial charge in [-0.2, -0.15) is 0 Å². The zero-order valence-electron chi connectivity index (χ0n) is 12.2. The average molecular weight is 282 g/mol. The molecule has 108 valence electrons. The number of rotatable bonds is 5. The maximum atomic E-state index is 11.0. The molecule has 3 heteroatoms. The van der Waals surface area contributed by atoms with E-state index in [4.69, 9.17) is 9.84 Å². The quantitative estimate of drug-likeness (QED) is 0.902. The number of carboxylic acid groups (broad SMARTS) is 1. The van der Waals surface area contributed by atoms with Crippen molar-refractivity contribution in [3.63, 3.8) is 0 Å². The minimum absolute atomic E-state index is 0.520. The van der Waals surface area contributed by atoms with Crippen molar-refractivity contribution in [1.82, 2.24) is 0 Å². The molecule has 2 aromatic carbocycles. The Kier molecular flexibility index (Phi) is 4.13. The Morgan fingerprint density at radius 3 is 2.05 bits per heavy atom. The van der Waals surface area contributed by atoms with Gasteiger partial charge in [-0.15, -0.1) is 0 Å². The molecule has 0 aromatic heterocycles. The Labute approximate surface area is 124 Å². The van der Waals surface area contributed by atoms with Crippen LogP contribution in [0, 0.1) is 0 Å². The lowest BCUT2D eigenvalue weighted by molar-refractivity contribution is -0.152. The molecule has 0 saturated heterocycles. The van der Waals surface area contributed by atoms with Gasteiger partial charge in [0.25, 0.3) is 0 Å². The molecule has 0 unspecified atom stereocenters. The third-order valence-corrected chi connectivity index (χ3v) is 3.21. The molecule has 0 bridgehead atoms. The van der Waals surface area contributed by atoms with Crippen molar-refractivity contribution in [3.05, 3.63) is 72.3 Å². The van der Waals surface area contributed by atoms with Crippen molar-refractivity contribution in [3.8, 4) is 5.75 Å². The maximum absolute atomic E-state index is 11.0. The standard InChI is InChI=1S/C18H18O3/c1-13(14-7-5-4-6-8-14)15-9-11-16(12-10-15)21-18(2,3)17(19)20/h4-12H,1H2,2-3H3,(H,19,20). The Morgan fingerprint density at radius 2 is 1.52 bits per heavy atom. The summed E-state index contributed by atoms with van der Waals surface area (Å²) in [5, 5.41) is 9.05. The maximum Gasteiger partial charge on any atom is 0.347 e. The van der Waals surface area contributed by atoms with E-state index in [0.717, 1.165) is 16.7 Å². The molecule has 0 spiro atoms. The molecule has 0 aliphatic rings. The number of carbonyl (C=O) groups is 1. The second kappa shape index (κ2) is 5.83. The largest absolute Gasteiger partial charge is 0.478 e. The van der Waals surface area contributed by atoms with Crippen LogP contribution in [-0.4, -0.2) is 16.7 Å². The highest BCUT2D eigenvalue weighted by Crippen LogP contribution is 2.25. The van der Waals surface area contributed by atoms with Crippen LogP contribution >= 0.6 is 0 Å². The first-order valence-corrected chi connectivity index (χ1v) is 6.67. The fourth-order valence-electron chi connectivity index (χ4n) is 1.87. The van der Waals surface area contributed by atoms with Crippen molar-refractivity contribution in [2.75, 3.05) is 0 Å². The fourth-order valence-corrected chi connectivity index (χ4v) is 1.87. The van der Waals surface area contributed by atoms with Gasteiger partial charge in [-0.3, -0.25) is 0 Å². The molecule has 0 aliphatic heterocycles. The van der Waals surface area contributed by atoms with Gasteiger partial charge in [0.1, 0.15) is 5.75 Å². The minimum atomic E-state index is -1.25. The molecule has 0 atom stereocenters. The number of benzene rings is 2. The first kappa shape index (κ1) is 14.9. The van der Waals surface area contributed by atoms with Crippen LogP contribution in [0.25, 0.3) is 5.57 Å². The van der Waals surface area contributed by atoms with Crippen LogP contribution < -0.4 is 4.74 Å². The van der Waals surface area contributed by atoms with Gasteiger partial charge < -0.3 is 9.84 Å². The minimum Gasteiger partial charge on any atom is -0.478 e. The normalized spacial score (nSPS) is 11.0. The SMILES string of the molecule is C=C(c1ccccc1)c1ccc(OC(C)(C)C(=O)O)cc1.